The molecular weight excluding hydrogens is 339 g/mol. The summed E-state index contributed by atoms with van der Waals surface area (Å²) in [6.45, 7) is 0.611. The first kappa shape index (κ1) is 14.2. The maximum absolute atomic E-state index is 12.9. The molecule has 0 spiro atoms. The van der Waals surface area contributed by atoms with Gasteiger partial charge in [-0.15, -0.1) is 0 Å². The van der Waals surface area contributed by atoms with E-state index in [9.17, 15) is 4.39 Å². The molecule has 21 heavy (non-hydrogen) atoms. The second kappa shape index (κ2) is 5.91. The number of halogens is 2. The molecule has 3 rings (SSSR count). The highest BCUT2D eigenvalue weighted by atomic mass is 79.9. The lowest BCUT2D eigenvalue weighted by atomic mass is 10.1. The first-order valence-corrected chi connectivity index (χ1v) is 7.28. The topological polar surface area (TPSA) is 56.5 Å². The van der Waals surface area contributed by atoms with Crippen LogP contribution in [0.15, 0.2) is 40.9 Å². The van der Waals surface area contributed by atoms with Crippen molar-refractivity contribution in [3.05, 3.63) is 52.3 Å². The van der Waals surface area contributed by atoms with Crippen molar-refractivity contribution >= 4 is 21.6 Å². The first-order valence-electron chi connectivity index (χ1n) is 6.48. The van der Waals surface area contributed by atoms with Crippen molar-refractivity contribution in [1.29, 1.82) is 0 Å². The molecule has 1 unspecified atom stereocenters. The van der Waals surface area contributed by atoms with Crippen LogP contribution in [0.5, 0.6) is 11.5 Å². The molecule has 1 atom stereocenters. The SMILES string of the molecule is NCC(Nc1ccc(F)cc1)c1cc(Br)c2c(c1)OCO2. The van der Waals surface area contributed by atoms with Crippen LogP contribution in [0, 0.1) is 5.82 Å². The van der Waals surface area contributed by atoms with Crippen LogP contribution < -0.4 is 20.5 Å². The zero-order chi connectivity index (χ0) is 14.8. The van der Waals surface area contributed by atoms with Crippen LogP contribution in [0.2, 0.25) is 0 Å². The monoisotopic (exact) mass is 352 g/mol. The van der Waals surface area contributed by atoms with Gasteiger partial charge in [-0.2, -0.15) is 0 Å². The van der Waals surface area contributed by atoms with Crippen molar-refractivity contribution in [1.82, 2.24) is 0 Å². The van der Waals surface area contributed by atoms with E-state index >= 15 is 0 Å². The molecule has 1 heterocycles. The average molecular weight is 353 g/mol. The van der Waals surface area contributed by atoms with Gasteiger partial charge in [0.2, 0.25) is 6.79 Å². The Morgan fingerprint density at radius 1 is 1.24 bits per heavy atom. The van der Waals surface area contributed by atoms with Gasteiger partial charge in [0.1, 0.15) is 5.82 Å². The van der Waals surface area contributed by atoms with Crippen molar-refractivity contribution in [2.45, 2.75) is 6.04 Å². The second-order valence-electron chi connectivity index (χ2n) is 4.68. The van der Waals surface area contributed by atoms with Crippen LogP contribution >= 0.6 is 15.9 Å². The van der Waals surface area contributed by atoms with Gasteiger partial charge in [-0.05, 0) is 57.9 Å². The number of fused-ring (bicyclic) bond motifs is 1. The van der Waals surface area contributed by atoms with E-state index in [2.05, 4.69) is 21.2 Å². The van der Waals surface area contributed by atoms with Crippen LogP contribution in [0.25, 0.3) is 0 Å². The van der Waals surface area contributed by atoms with Crippen LogP contribution in [-0.4, -0.2) is 13.3 Å². The summed E-state index contributed by atoms with van der Waals surface area (Å²) in [4.78, 5) is 0. The van der Waals surface area contributed by atoms with Crippen molar-refractivity contribution in [3.63, 3.8) is 0 Å². The lowest BCUT2D eigenvalue weighted by Crippen LogP contribution is -2.20. The van der Waals surface area contributed by atoms with Gasteiger partial charge in [-0.1, -0.05) is 0 Å². The van der Waals surface area contributed by atoms with Crippen LogP contribution in [0.4, 0.5) is 10.1 Å². The highest BCUT2D eigenvalue weighted by molar-refractivity contribution is 9.10. The molecule has 1 aliphatic rings. The standard InChI is InChI=1S/C15H14BrFN2O2/c16-12-5-9(6-14-15(12)21-8-20-14)13(7-18)19-11-3-1-10(17)2-4-11/h1-6,13,19H,7-8,18H2. The number of hydrogen-bond acceptors (Lipinski definition) is 4. The molecule has 0 amide bonds. The number of rotatable bonds is 4. The van der Waals surface area contributed by atoms with E-state index in [0.717, 1.165) is 15.7 Å². The summed E-state index contributed by atoms with van der Waals surface area (Å²) < 4.78 is 24.5. The Hall–Kier alpha value is -1.79. The molecule has 0 aliphatic carbocycles. The van der Waals surface area contributed by atoms with E-state index in [1.807, 2.05) is 12.1 Å². The summed E-state index contributed by atoms with van der Waals surface area (Å²) in [5, 5.41) is 3.28. The average Bonchev–Trinajstić information content (AvgIpc) is 2.95. The van der Waals surface area contributed by atoms with E-state index in [4.69, 9.17) is 15.2 Å². The van der Waals surface area contributed by atoms with E-state index in [0.29, 0.717) is 18.0 Å². The summed E-state index contributed by atoms with van der Waals surface area (Å²) in [7, 11) is 0. The predicted octanol–water partition coefficient (Wildman–Crippen LogP) is 3.43. The smallest absolute Gasteiger partial charge is 0.231 e. The van der Waals surface area contributed by atoms with Gasteiger partial charge >= 0.3 is 0 Å². The highest BCUT2D eigenvalue weighted by Gasteiger charge is 2.21. The minimum Gasteiger partial charge on any atom is -0.454 e. The fourth-order valence-electron chi connectivity index (χ4n) is 2.21. The zero-order valence-electron chi connectivity index (χ0n) is 11.1. The fraction of sp³-hybridized carbons (Fsp3) is 0.200. The van der Waals surface area contributed by atoms with E-state index < -0.39 is 0 Å². The Kier molecular flexibility index (Phi) is 3.98. The highest BCUT2D eigenvalue weighted by Crippen LogP contribution is 2.41. The predicted molar refractivity (Wildman–Crippen MR) is 82.1 cm³/mol. The van der Waals surface area contributed by atoms with Crippen molar-refractivity contribution in [2.75, 3.05) is 18.7 Å². The summed E-state index contributed by atoms with van der Waals surface area (Å²) in [5.41, 5.74) is 7.63. The molecule has 2 aromatic carbocycles. The van der Waals surface area contributed by atoms with Gasteiger partial charge in [-0.25, -0.2) is 4.39 Å². The van der Waals surface area contributed by atoms with Gasteiger partial charge in [0.25, 0.3) is 0 Å². The number of hydrogen-bond donors (Lipinski definition) is 2. The molecular formula is C15H14BrFN2O2. The van der Waals surface area contributed by atoms with E-state index in [-0.39, 0.29) is 18.7 Å². The Labute approximate surface area is 130 Å². The fourth-order valence-corrected chi connectivity index (χ4v) is 2.79. The summed E-state index contributed by atoms with van der Waals surface area (Å²) >= 11 is 3.47. The number of nitrogens with two attached hydrogens (primary N) is 1. The van der Waals surface area contributed by atoms with Crippen molar-refractivity contribution < 1.29 is 13.9 Å². The minimum atomic E-state index is -0.268. The van der Waals surface area contributed by atoms with E-state index in [1.165, 1.54) is 12.1 Å². The Morgan fingerprint density at radius 2 is 2.00 bits per heavy atom. The summed E-state index contributed by atoms with van der Waals surface area (Å²) in [6, 6.07) is 9.92. The van der Waals surface area contributed by atoms with Crippen LogP contribution in [-0.2, 0) is 0 Å². The zero-order valence-corrected chi connectivity index (χ0v) is 12.7. The van der Waals surface area contributed by atoms with E-state index in [1.54, 1.807) is 12.1 Å². The summed E-state index contributed by atoms with van der Waals surface area (Å²) in [5.74, 6) is 1.13. The molecule has 0 fully saturated rings. The number of benzene rings is 2. The molecule has 110 valence electrons. The maximum Gasteiger partial charge on any atom is 0.231 e. The van der Waals surface area contributed by atoms with Crippen LogP contribution in [0.1, 0.15) is 11.6 Å². The quantitative estimate of drug-likeness (QED) is 0.884. The number of anilines is 1. The van der Waals surface area contributed by atoms with Crippen LogP contribution in [0.3, 0.4) is 0 Å². The Bertz CT molecular complexity index is 649. The molecule has 0 saturated heterocycles. The second-order valence-corrected chi connectivity index (χ2v) is 5.53. The summed E-state index contributed by atoms with van der Waals surface area (Å²) in [6.07, 6.45) is 0. The van der Waals surface area contributed by atoms with Gasteiger partial charge in [0.05, 0.1) is 10.5 Å². The lowest BCUT2D eigenvalue weighted by Gasteiger charge is -2.19. The Balaban J connectivity index is 1.86. The third-order valence-electron chi connectivity index (χ3n) is 3.27. The third kappa shape index (κ3) is 2.96. The minimum absolute atomic E-state index is 0.110. The first-order chi connectivity index (χ1) is 10.2. The molecule has 0 saturated carbocycles. The van der Waals surface area contributed by atoms with Gasteiger partial charge in [0, 0.05) is 12.2 Å². The normalized spacial score (nSPS) is 14.0. The van der Waals surface area contributed by atoms with Gasteiger partial charge in [-0.3, -0.25) is 0 Å². The molecule has 0 aromatic heterocycles. The molecule has 3 N–H and O–H groups in total. The molecule has 1 aliphatic heterocycles. The van der Waals surface area contributed by atoms with Crippen molar-refractivity contribution in [3.8, 4) is 11.5 Å². The lowest BCUT2D eigenvalue weighted by molar-refractivity contribution is 0.173. The molecule has 0 radical (unpaired) electrons. The van der Waals surface area contributed by atoms with Gasteiger partial charge in [0.15, 0.2) is 11.5 Å². The molecule has 2 aromatic rings. The van der Waals surface area contributed by atoms with Crippen molar-refractivity contribution in [2.24, 2.45) is 5.73 Å². The molecule has 0 bridgehead atoms. The number of ether oxygens (including phenoxy) is 2. The number of nitrogens with one attached hydrogen (secondary N) is 1. The largest absolute Gasteiger partial charge is 0.454 e. The van der Waals surface area contributed by atoms with Gasteiger partial charge < -0.3 is 20.5 Å². The maximum atomic E-state index is 12.9. The Morgan fingerprint density at radius 3 is 2.71 bits per heavy atom. The third-order valence-corrected chi connectivity index (χ3v) is 3.86. The molecule has 4 nitrogen and oxygen atoms in total. The molecule has 6 heteroatoms.